The van der Waals surface area contributed by atoms with Gasteiger partial charge in [-0.3, -0.25) is 14.8 Å². The number of amides is 1. The molecule has 0 fully saturated rings. The normalized spacial score (nSPS) is 18.7. The number of carboxylic acid groups (broad SMARTS) is 1. The van der Waals surface area contributed by atoms with Crippen LogP contribution in [0.4, 0.5) is 0 Å². The van der Waals surface area contributed by atoms with Gasteiger partial charge in [0.25, 0.3) is 5.91 Å². The molecule has 6 nitrogen and oxygen atoms in total. The fraction of sp³-hybridized carbons (Fsp3) is 0.333. The van der Waals surface area contributed by atoms with E-state index in [1.54, 1.807) is 0 Å². The lowest BCUT2D eigenvalue weighted by atomic mass is 10.1. The van der Waals surface area contributed by atoms with Gasteiger partial charge in [0.15, 0.2) is 5.84 Å². The van der Waals surface area contributed by atoms with E-state index in [-0.39, 0.29) is 28.9 Å². The molecular formula is C12H13N3O3. The lowest BCUT2D eigenvalue weighted by molar-refractivity contribution is -0.120. The number of carbonyl (C=O) groups is 2. The van der Waals surface area contributed by atoms with Crippen LogP contribution in [0, 0.1) is 5.92 Å². The Morgan fingerprint density at radius 3 is 2.78 bits per heavy atom. The summed E-state index contributed by atoms with van der Waals surface area (Å²) in [5.41, 5.74) is 0.224. The molecule has 1 aliphatic heterocycles. The second-order valence-corrected chi connectivity index (χ2v) is 4.36. The Labute approximate surface area is 104 Å². The van der Waals surface area contributed by atoms with Crippen molar-refractivity contribution in [3.63, 3.8) is 0 Å². The molecule has 0 radical (unpaired) electrons. The largest absolute Gasteiger partial charge is 0.478 e. The van der Waals surface area contributed by atoms with Crippen molar-refractivity contribution >= 4 is 17.7 Å². The summed E-state index contributed by atoms with van der Waals surface area (Å²) in [5.74, 6) is -1.03. The Morgan fingerprint density at radius 1 is 1.50 bits per heavy atom. The van der Waals surface area contributed by atoms with Gasteiger partial charge in [-0.1, -0.05) is 13.8 Å². The number of rotatable bonds is 3. The van der Waals surface area contributed by atoms with Crippen molar-refractivity contribution in [2.45, 2.75) is 19.9 Å². The van der Waals surface area contributed by atoms with Gasteiger partial charge in [-0.05, 0) is 18.1 Å². The van der Waals surface area contributed by atoms with Crippen LogP contribution in [0.5, 0.6) is 0 Å². The lowest BCUT2D eigenvalue weighted by Crippen LogP contribution is -2.32. The summed E-state index contributed by atoms with van der Waals surface area (Å²) < 4.78 is 0. The van der Waals surface area contributed by atoms with E-state index in [2.05, 4.69) is 15.3 Å². The van der Waals surface area contributed by atoms with E-state index < -0.39 is 12.0 Å². The van der Waals surface area contributed by atoms with Crippen LogP contribution in [-0.2, 0) is 4.79 Å². The van der Waals surface area contributed by atoms with Crippen LogP contribution < -0.4 is 5.32 Å². The number of carboxylic acids is 1. The van der Waals surface area contributed by atoms with Crippen molar-refractivity contribution in [2.75, 3.05) is 0 Å². The SMILES string of the molecule is CC(C)C1N=C(c2ncccc2C(=O)O)NC1=O. The third-order valence-corrected chi connectivity index (χ3v) is 2.67. The van der Waals surface area contributed by atoms with Crippen molar-refractivity contribution in [2.24, 2.45) is 10.9 Å². The Balaban J connectivity index is 2.42. The summed E-state index contributed by atoms with van der Waals surface area (Å²) in [6.07, 6.45) is 1.47. The molecule has 1 atom stereocenters. The molecule has 1 aromatic heterocycles. The number of aromatic nitrogens is 1. The maximum atomic E-state index is 11.7. The van der Waals surface area contributed by atoms with Gasteiger partial charge in [-0.25, -0.2) is 4.79 Å². The number of hydrogen-bond donors (Lipinski definition) is 2. The number of amidine groups is 1. The van der Waals surface area contributed by atoms with Crippen molar-refractivity contribution in [3.05, 3.63) is 29.6 Å². The molecule has 0 bridgehead atoms. The lowest BCUT2D eigenvalue weighted by Gasteiger charge is -2.06. The van der Waals surface area contributed by atoms with Crippen LogP contribution in [0.15, 0.2) is 23.3 Å². The number of nitrogens with zero attached hydrogens (tertiary/aromatic N) is 2. The molecular weight excluding hydrogens is 234 g/mol. The van der Waals surface area contributed by atoms with Crippen LogP contribution in [0.1, 0.15) is 29.9 Å². The van der Waals surface area contributed by atoms with Crippen LogP contribution in [-0.4, -0.2) is 33.8 Å². The van der Waals surface area contributed by atoms with E-state index in [1.807, 2.05) is 13.8 Å². The fourth-order valence-electron chi connectivity index (χ4n) is 1.76. The standard InChI is InChI=1S/C12H13N3O3/c1-6(2)8-11(16)15-10(14-8)9-7(12(17)18)4-3-5-13-9/h3-6,8H,1-2H3,(H,17,18)(H,14,15,16). The second-order valence-electron chi connectivity index (χ2n) is 4.36. The zero-order valence-electron chi connectivity index (χ0n) is 10.0. The van der Waals surface area contributed by atoms with Crippen molar-refractivity contribution in [1.82, 2.24) is 10.3 Å². The minimum Gasteiger partial charge on any atom is -0.478 e. The van der Waals surface area contributed by atoms with Gasteiger partial charge < -0.3 is 10.4 Å². The monoisotopic (exact) mass is 247 g/mol. The smallest absolute Gasteiger partial charge is 0.338 e. The quantitative estimate of drug-likeness (QED) is 0.821. The number of aliphatic imine (C=N–C) groups is 1. The number of pyridine rings is 1. The molecule has 0 aromatic carbocycles. The van der Waals surface area contributed by atoms with Gasteiger partial charge >= 0.3 is 5.97 Å². The van der Waals surface area contributed by atoms with E-state index in [9.17, 15) is 9.59 Å². The Morgan fingerprint density at radius 2 is 2.22 bits per heavy atom. The first kappa shape index (κ1) is 12.2. The van der Waals surface area contributed by atoms with Crippen molar-refractivity contribution < 1.29 is 14.7 Å². The van der Waals surface area contributed by atoms with Crippen LogP contribution >= 0.6 is 0 Å². The molecule has 0 saturated heterocycles. The summed E-state index contributed by atoms with van der Waals surface area (Å²) in [6.45, 7) is 3.76. The summed E-state index contributed by atoms with van der Waals surface area (Å²) in [4.78, 5) is 30.9. The van der Waals surface area contributed by atoms with Crippen LogP contribution in [0.25, 0.3) is 0 Å². The second kappa shape index (κ2) is 4.56. The van der Waals surface area contributed by atoms with Gasteiger partial charge in [0, 0.05) is 6.20 Å². The molecule has 6 heteroatoms. The molecule has 1 aromatic rings. The van der Waals surface area contributed by atoms with Crippen LogP contribution in [0.3, 0.4) is 0 Å². The molecule has 2 heterocycles. The highest BCUT2D eigenvalue weighted by molar-refractivity contribution is 6.16. The highest BCUT2D eigenvalue weighted by Gasteiger charge is 2.31. The number of nitrogens with one attached hydrogen (secondary N) is 1. The average molecular weight is 247 g/mol. The molecule has 1 unspecified atom stereocenters. The molecule has 0 saturated carbocycles. The van der Waals surface area contributed by atoms with E-state index >= 15 is 0 Å². The fourth-order valence-corrected chi connectivity index (χ4v) is 1.76. The molecule has 1 amide bonds. The maximum Gasteiger partial charge on any atom is 0.338 e. The van der Waals surface area contributed by atoms with E-state index in [0.717, 1.165) is 0 Å². The topological polar surface area (TPSA) is 91.7 Å². The predicted molar refractivity (Wildman–Crippen MR) is 64.5 cm³/mol. The van der Waals surface area contributed by atoms with Gasteiger partial charge in [0.05, 0.1) is 5.56 Å². The zero-order chi connectivity index (χ0) is 13.3. The molecule has 0 aliphatic carbocycles. The zero-order valence-corrected chi connectivity index (χ0v) is 10.0. The summed E-state index contributed by atoms with van der Waals surface area (Å²) in [7, 11) is 0. The summed E-state index contributed by atoms with van der Waals surface area (Å²) in [6, 6.07) is 2.48. The molecule has 18 heavy (non-hydrogen) atoms. The first-order valence-corrected chi connectivity index (χ1v) is 5.58. The average Bonchev–Trinajstić information content (AvgIpc) is 2.71. The first-order chi connectivity index (χ1) is 8.50. The Kier molecular flexibility index (Phi) is 3.10. The van der Waals surface area contributed by atoms with E-state index in [0.29, 0.717) is 0 Å². The summed E-state index contributed by atoms with van der Waals surface area (Å²) in [5, 5.41) is 11.6. The minimum absolute atomic E-state index is 0.0287. The number of carbonyl (C=O) groups excluding carboxylic acids is 1. The maximum absolute atomic E-state index is 11.7. The third kappa shape index (κ3) is 2.09. The van der Waals surface area contributed by atoms with E-state index in [1.165, 1.54) is 18.3 Å². The molecule has 2 rings (SSSR count). The van der Waals surface area contributed by atoms with Crippen molar-refractivity contribution in [1.29, 1.82) is 0 Å². The number of hydrogen-bond acceptors (Lipinski definition) is 4. The van der Waals surface area contributed by atoms with Crippen molar-refractivity contribution in [3.8, 4) is 0 Å². The molecule has 94 valence electrons. The van der Waals surface area contributed by atoms with Gasteiger partial charge in [0.2, 0.25) is 0 Å². The molecule has 2 N–H and O–H groups in total. The third-order valence-electron chi connectivity index (χ3n) is 2.67. The molecule has 0 spiro atoms. The first-order valence-electron chi connectivity index (χ1n) is 5.58. The highest BCUT2D eigenvalue weighted by Crippen LogP contribution is 2.15. The number of aromatic carboxylic acids is 1. The summed E-state index contributed by atoms with van der Waals surface area (Å²) >= 11 is 0. The predicted octanol–water partition coefficient (Wildman–Crippen LogP) is 0.681. The Hall–Kier alpha value is -2.24. The highest BCUT2D eigenvalue weighted by atomic mass is 16.4. The molecule has 1 aliphatic rings. The van der Waals surface area contributed by atoms with Crippen LogP contribution in [0.2, 0.25) is 0 Å². The van der Waals surface area contributed by atoms with Gasteiger partial charge in [-0.2, -0.15) is 0 Å². The van der Waals surface area contributed by atoms with E-state index in [4.69, 9.17) is 5.11 Å². The van der Waals surface area contributed by atoms with Gasteiger partial charge in [0.1, 0.15) is 11.7 Å². The Bertz CT molecular complexity index is 537. The minimum atomic E-state index is -1.09. The van der Waals surface area contributed by atoms with Gasteiger partial charge in [-0.15, -0.1) is 0 Å².